The van der Waals surface area contributed by atoms with Crippen LogP contribution >= 0.6 is 15.9 Å². The molecule has 1 saturated heterocycles. The minimum absolute atomic E-state index is 0.110. The fraction of sp³-hybridized carbons (Fsp3) is 0.455. The molecule has 1 heterocycles. The number of halogens is 1. The molecule has 0 unspecified atom stereocenters. The lowest BCUT2D eigenvalue weighted by Gasteiger charge is -2.37. The Kier molecular flexibility index (Phi) is 4.28. The van der Waals surface area contributed by atoms with Gasteiger partial charge < -0.3 is 4.74 Å². The van der Waals surface area contributed by atoms with Gasteiger partial charge in [-0.15, -0.1) is 0 Å². The molecule has 1 aromatic carbocycles. The summed E-state index contributed by atoms with van der Waals surface area (Å²) < 4.78 is 5.99. The van der Waals surface area contributed by atoms with E-state index < -0.39 is 18.6 Å². The molecule has 6 nitrogen and oxygen atoms in total. The largest absolute Gasteiger partial charge is 0.456 e. The number of hydrogen-bond acceptors (Lipinski definition) is 5. The quantitative estimate of drug-likeness (QED) is 0.293. The minimum Gasteiger partial charge on any atom is -0.456 e. The van der Waals surface area contributed by atoms with Crippen molar-refractivity contribution in [1.82, 2.24) is 4.90 Å². The fourth-order valence-corrected chi connectivity index (χ4v) is 5.71. The molecule has 7 heteroatoms. The molecule has 5 aliphatic rings. The molecule has 3 fully saturated rings. The fourth-order valence-electron chi connectivity index (χ4n) is 5.44. The number of esters is 1. The lowest BCUT2D eigenvalue weighted by Crippen LogP contribution is -2.45. The molecule has 0 N–H and O–H groups in total. The zero-order valence-corrected chi connectivity index (χ0v) is 17.4. The molecule has 2 bridgehead atoms. The zero-order chi connectivity index (χ0) is 20.4. The number of ketones is 1. The van der Waals surface area contributed by atoms with Gasteiger partial charge in [-0.2, -0.15) is 0 Å². The van der Waals surface area contributed by atoms with Crippen molar-refractivity contribution in [1.29, 1.82) is 0 Å². The summed E-state index contributed by atoms with van der Waals surface area (Å²) in [4.78, 5) is 51.9. The summed E-state index contributed by atoms with van der Waals surface area (Å²) in [6, 6.07) is 5.70. The van der Waals surface area contributed by atoms with Gasteiger partial charge in [-0.1, -0.05) is 40.2 Å². The normalized spacial score (nSPS) is 34.6. The highest BCUT2D eigenvalue weighted by Crippen LogP contribution is 2.65. The standard InChI is InChI=1S/C22H20BrNO5/c1-10(22(28)29-9-17(25)11-2-4-12(23)5-3-11)24-20(26)18-13-6-7-14(16-8-15(13)16)19(18)21(24)27/h2-7,10,13-16,18-19H,8-9H2,1H3/t10-,13+,14+,15+,16+,18-,19-/m0/s1. The molecular weight excluding hydrogens is 438 g/mol. The van der Waals surface area contributed by atoms with Crippen LogP contribution in [0.3, 0.4) is 0 Å². The number of rotatable bonds is 5. The van der Waals surface area contributed by atoms with Crippen molar-refractivity contribution in [3.05, 3.63) is 46.5 Å². The number of benzene rings is 1. The minimum atomic E-state index is -1.03. The number of allylic oxidation sites excluding steroid dienone is 2. The van der Waals surface area contributed by atoms with Crippen molar-refractivity contribution in [2.75, 3.05) is 6.61 Å². The number of carbonyl (C=O) groups is 4. The first-order chi connectivity index (χ1) is 13.9. The molecule has 2 saturated carbocycles. The van der Waals surface area contributed by atoms with Gasteiger partial charge in [-0.3, -0.25) is 19.3 Å². The van der Waals surface area contributed by atoms with Crippen LogP contribution in [0.25, 0.3) is 0 Å². The van der Waals surface area contributed by atoms with E-state index in [2.05, 4.69) is 28.1 Å². The SMILES string of the molecule is C[C@@H](C(=O)OCC(=O)c1ccc(Br)cc1)N1C(=O)[C@H]2[C@@H]3C=C[C@H]([C@H]4C[C@H]34)[C@@H]2C1=O. The molecular formula is C22H20BrNO5. The van der Waals surface area contributed by atoms with E-state index in [0.29, 0.717) is 17.4 Å². The van der Waals surface area contributed by atoms with Crippen molar-refractivity contribution in [3.63, 3.8) is 0 Å². The molecule has 0 radical (unpaired) electrons. The van der Waals surface area contributed by atoms with Gasteiger partial charge in [0.05, 0.1) is 11.8 Å². The Labute approximate surface area is 176 Å². The molecule has 7 atom stereocenters. The van der Waals surface area contributed by atoms with Crippen LogP contribution in [0.1, 0.15) is 23.7 Å². The molecule has 4 aliphatic carbocycles. The molecule has 0 aromatic heterocycles. The van der Waals surface area contributed by atoms with E-state index in [1.54, 1.807) is 24.3 Å². The van der Waals surface area contributed by atoms with Crippen molar-refractivity contribution in [2.45, 2.75) is 19.4 Å². The maximum Gasteiger partial charge on any atom is 0.329 e. The Morgan fingerprint density at radius 3 is 2.17 bits per heavy atom. The van der Waals surface area contributed by atoms with E-state index in [1.807, 2.05) is 0 Å². The first-order valence-electron chi connectivity index (χ1n) is 9.89. The van der Waals surface area contributed by atoms with Crippen molar-refractivity contribution in [3.8, 4) is 0 Å². The number of hydrogen-bond donors (Lipinski definition) is 0. The van der Waals surface area contributed by atoms with Crippen molar-refractivity contribution < 1.29 is 23.9 Å². The van der Waals surface area contributed by atoms with Gasteiger partial charge >= 0.3 is 5.97 Å². The smallest absolute Gasteiger partial charge is 0.329 e. The lowest BCUT2D eigenvalue weighted by molar-refractivity contribution is -0.157. The van der Waals surface area contributed by atoms with E-state index in [1.165, 1.54) is 6.92 Å². The molecule has 0 spiro atoms. The van der Waals surface area contributed by atoms with Gasteiger partial charge in [0, 0.05) is 10.0 Å². The predicted molar refractivity (Wildman–Crippen MR) is 105 cm³/mol. The first-order valence-corrected chi connectivity index (χ1v) is 10.7. The second-order valence-corrected chi connectivity index (χ2v) is 9.33. The van der Waals surface area contributed by atoms with Crippen molar-refractivity contribution in [2.24, 2.45) is 35.5 Å². The number of carbonyl (C=O) groups excluding carboxylic acids is 4. The van der Waals surface area contributed by atoms with Crippen LogP contribution in [-0.2, 0) is 19.1 Å². The highest BCUT2D eigenvalue weighted by Gasteiger charge is 2.67. The Bertz CT molecular complexity index is 918. The summed E-state index contributed by atoms with van der Waals surface area (Å²) in [5.74, 6) is -1.07. The van der Waals surface area contributed by atoms with Crippen LogP contribution in [0.2, 0.25) is 0 Å². The van der Waals surface area contributed by atoms with Gasteiger partial charge in [-0.05, 0) is 49.1 Å². The number of ether oxygens (including phenoxy) is 1. The summed E-state index contributed by atoms with van der Waals surface area (Å²) in [7, 11) is 0. The predicted octanol–water partition coefficient (Wildman–Crippen LogP) is 2.62. The molecule has 1 aliphatic heterocycles. The summed E-state index contributed by atoms with van der Waals surface area (Å²) in [6.07, 6.45) is 5.27. The molecule has 29 heavy (non-hydrogen) atoms. The van der Waals surface area contributed by atoms with Gasteiger partial charge in [0.25, 0.3) is 0 Å². The topological polar surface area (TPSA) is 80.8 Å². The Morgan fingerprint density at radius 2 is 1.62 bits per heavy atom. The van der Waals surface area contributed by atoms with E-state index in [4.69, 9.17) is 4.74 Å². The van der Waals surface area contributed by atoms with Crippen LogP contribution < -0.4 is 0 Å². The average molecular weight is 458 g/mol. The van der Waals surface area contributed by atoms with Gasteiger partial charge in [-0.25, -0.2) is 4.79 Å². The second kappa shape index (κ2) is 6.62. The summed E-state index contributed by atoms with van der Waals surface area (Å²) in [6.45, 7) is 1.07. The summed E-state index contributed by atoms with van der Waals surface area (Å²) in [5.41, 5.74) is 0.426. The zero-order valence-electron chi connectivity index (χ0n) is 15.8. The third-order valence-electron chi connectivity index (χ3n) is 6.94. The highest BCUT2D eigenvalue weighted by molar-refractivity contribution is 9.10. The Balaban J connectivity index is 1.26. The Hall–Kier alpha value is -2.28. The van der Waals surface area contributed by atoms with Crippen LogP contribution in [-0.4, -0.2) is 41.1 Å². The first kappa shape index (κ1) is 18.7. The van der Waals surface area contributed by atoms with Gasteiger partial charge in [0.1, 0.15) is 6.04 Å². The monoisotopic (exact) mass is 457 g/mol. The summed E-state index contributed by atoms with van der Waals surface area (Å²) >= 11 is 3.30. The number of likely N-dealkylation sites (tertiary alicyclic amines) is 1. The average Bonchev–Trinajstić information content (AvgIpc) is 3.49. The van der Waals surface area contributed by atoms with Crippen LogP contribution in [0, 0.1) is 35.5 Å². The number of nitrogens with zero attached hydrogens (tertiary/aromatic N) is 1. The van der Waals surface area contributed by atoms with E-state index in [9.17, 15) is 19.2 Å². The Morgan fingerprint density at radius 1 is 1.07 bits per heavy atom. The van der Waals surface area contributed by atoms with Crippen LogP contribution in [0.5, 0.6) is 0 Å². The van der Waals surface area contributed by atoms with Gasteiger partial charge in [0.15, 0.2) is 12.4 Å². The maximum absolute atomic E-state index is 13.0. The molecule has 6 rings (SSSR count). The number of amides is 2. The van der Waals surface area contributed by atoms with E-state index in [0.717, 1.165) is 15.8 Å². The number of imide groups is 1. The third-order valence-corrected chi connectivity index (χ3v) is 7.47. The van der Waals surface area contributed by atoms with Crippen LogP contribution in [0.15, 0.2) is 40.9 Å². The molecule has 1 aromatic rings. The van der Waals surface area contributed by atoms with Crippen molar-refractivity contribution >= 4 is 39.5 Å². The van der Waals surface area contributed by atoms with E-state index >= 15 is 0 Å². The second-order valence-electron chi connectivity index (χ2n) is 8.41. The number of Topliss-reactive ketones (excluding diaryl/α,β-unsaturated/α-hetero) is 1. The molecule has 150 valence electrons. The molecule has 2 amide bonds. The van der Waals surface area contributed by atoms with Gasteiger partial charge in [0.2, 0.25) is 11.8 Å². The highest BCUT2D eigenvalue weighted by atomic mass is 79.9. The maximum atomic E-state index is 13.0. The van der Waals surface area contributed by atoms with E-state index in [-0.39, 0.29) is 41.3 Å². The third kappa shape index (κ3) is 2.81. The summed E-state index contributed by atoms with van der Waals surface area (Å²) in [5, 5.41) is 0. The van der Waals surface area contributed by atoms with Crippen LogP contribution in [0.4, 0.5) is 0 Å². The lowest BCUT2D eigenvalue weighted by atomic mass is 9.63.